The van der Waals surface area contributed by atoms with Crippen molar-refractivity contribution in [3.63, 3.8) is 0 Å². The molecule has 0 heterocycles. The van der Waals surface area contributed by atoms with Crippen LogP contribution in [0.2, 0.25) is 0 Å². The van der Waals surface area contributed by atoms with Crippen LogP contribution >= 0.6 is 0 Å². The summed E-state index contributed by atoms with van der Waals surface area (Å²) in [7, 11) is 0. The first kappa shape index (κ1) is 7.05. The van der Waals surface area contributed by atoms with Gasteiger partial charge in [0, 0.05) is 5.71 Å². The average molecular weight is 140 g/mol. The fourth-order valence-corrected chi connectivity index (χ4v) is 0.955. The monoisotopic (exact) mass is 140 g/mol. The molecular formula is C6H12N4. The molecule has 0 amide bonds. The fraction of sp³-hybridized carbons (Fsp3) is 0.667. The zero-order valence-electron chi connectivity index (χ0n) is 6.04. The molecule has 0 unspecified atom stereocenters. The van der Waals surface area contributed by atoms with Crippen LogP contribution < -0.4 is 11.5 Å². The molecule has 1 aliphatic rings. The molecule has 0 aromatic rings. The third-order valence-corrected chi connectivity index (χ3v) is 1.48. The first-order valence-electron chi connectivity index (χ1n) is 3.33. The fourth-order valence-electron chi connectivity index (χ4n) is 0.955. The third kappa shape index (κ3) is 1.72. The van der Waals surface area contributed by atoms with Gasteiger partial charge in [0.15, 0.2) is 0 Å². The third-order valence-electron chi connectivity index (χ3n) is 1.48. The largest absolute Gasteiger partial charge is 0.369 e. The first-order chi connectivity index (χ1) is 4.68. The van der Waals surface area contributed by atoms with Crippen LogP contribution in [-0.4, -0.2) is 11.7 Å². The summed E-state index contributed by atoms with van der Waals surface area (Å²) >= 11 is 0. The van der Waals surface area contributed by atoms with Gasteiger partial charge < -0.3 is 11.5 Å². The van der Waals surface area contributed by atoms with Crippen molar-refractivity contribution in [2.45, 2.75) is 19.8 Å². The van der Waals surface area contributed by atoms with E-state index in [0.717, 1.165) is 24.5 Å². The summed E-state index contributed by atoms with van der Waals surface area (Å²) in [5, 5.41) is 7.38. The van der Waals surface area contributed by atoms with Gasteiger partial charge in [0.2, 0.25) is 5.96 Å². The van der Waals surface area contributed by atoms with Gasteiger partial charge in [0.05, 0.1) is 0 Å². The first-order valence-corrected chi connectivity index (χ1v) is 3.33. The maximum absolute atomic E-state index is 5.07. The van der Waals surface area contributed by atoms with Crippen molar-refractivity contribution in [2.24, 2.45) is 27.6 Å². The molecule has 0 aromatic heterocycles. The number of guanidine groups is 1. The molecule has 0 aliphatic heterocycles. The summed E-state index contributed by atoms with van der Waals surface area (Å²) in [4.78, 5) is 0. The lowest BCUT2D eigenvalue weighted by Crippen LogP contribution is -2.24. The quantitative estimate of drug-likeness (QED) is 0.306. The highest BCUT2D eigenvalue weighted by Crippen LogP contribution is 2.22. The Bertz CT molecular complexity index is 170. The molecule has 1 saturated carbocycles. The number of hydrogen-bond donors (Lipinski definition) is 2. The minimum atomic E-state index is 0.0343. The second-order valence-electron chi connectivity index (χ2n) is 2.70. The van der Waals surface area contributed by atoms with E-state index >= 15 is 0 Å². The second-order valence-corrected chi connectivity index (χ2v) is 2.70. The van der Waals surface area contributed by atoms with Crippen LogP contribution in [0.1, 0.15) is 19.8 Å². The van der Waals surface area contributed by atoms with Crippen molar-refractivity contribution in [3.8, 4) is 0 Å². The Morgan fingerprint density at radius 2 is 2.10 bits per heavy atom. The zero-order chi connectivity index (χ0) is 7.56. The SMILES string of the molecule is CC1CC(=NN=C(N)N)C1. The lowest BCUT2D eigenvalue weighted by molar-refractivity contribution is 0.552. The topological polar surface area (TPSA) is 76.8 Å². The minimum absolute atomic E-state index is 0.0343. The van der Waals surface area contributed by atoms with Gasteiger partial charge in [-0.05, 0) is 18.8 Å². The minimum Gasteiger partial charge on any atom is -0.369 e. The molecule has 56 valence electrons. The average Bonchev–Trinajstić information content (AvgIpc) is 1.77. The molecule has 10 heavy (non-hydrogen) atoms. The van der Waals surface area contributed by atoms with Crippen LogP contribution in [0.15, 0.2) is 10.2 Å². The maximum Gasteiger partial charge on any atom is 0.211 e. The molecule has 0 radical (unpaired) electrons. The smallest absolute Gasteiger partial charge is 0.211 e. The Kier molecular flexibility index (Phi) is 1.89. The highest BCUT2D eigenvalue weighted by atomic mass is 15.3. The van der Waals surface area contributed by atoms with Crippen molar-refractivity contribution in [1.82, 2.24) is 0 Å². The van der Waals surface area contributed by atoms with Crippen molar-refractivity contribution in [2.75, 3.05) is 0 Å². The predicted molar refractivity (Wildman–Crippen MR) is 41.6 cm³/mol. The van der Waals surface area contributed by atoms with E-state index in [4.69, 9.17) is 11.5 Å². The maximum atomic E-state index is 5.07. The predicted octanol–water partition coefficient (Wildman–Crippen LogP) is 0.0457. The molecule has 0 spiro atoms. The molecule has 4 N–H and O–H groups in total. The van der Waals surface area contributed by atoms with Gasteiger partial charge in [-0.3, -0.25) is 0 Å². The van der Waals surface area contributed by atoms with Gasteiger partial charge in [-0.1, -0.05) is 6.92 Å². The van der Waals surface area contributed by atoms with Crippen LogP contribution in [0.5, 0.6) is 0 Å². The van der Waals surface area contributed by atoms with Crippen molar-refractivity contribution in [1.29, 1.82) is 0 Å². The van der Waals surface area contributed by atoms with E-state index in [1.165, 1.54) is 0 Å². The molecule has 4 nitrogen and oxygen atoms in total. The Morgan fingerprint density at radius 3 is 2.50 bits per heavy atom. The lowest BCUT2D eigenvalue weighted by Gasteiger charge is -2.21. The van der Waals surface area contributed by atoms with E-state index in [9.17, 15) is 0 Å². The van der Waals surface area contributed by atoms with Crippen LogP contribution in [-0.2, 0) is 0 Å². The number of hydrogen-bond acceptors (Lipinski definition) is 2. The number of nitrogens with zero attached hydrogens (tertiary/aromatic N) is 2. The van der Waals surface area contributed by atoms with E-state index in [1.807, 2.05) is 0 Å². The normalized spacial score (nSPS) is 23.3. The van der Waals surface area contributed by atoms with Crippen molar-refractivity contribution >= 4 is 11.7 Å². The van der Waals surface area contributed by atoms with E-state index in [2.05, 4.69) is 17.1 Å². The van der Waals surface area contributed by atoms with Gasteiger partial charge in [-0.25, -0.2) is 0 Å². The van der Waals surface area contributed by atoms with Crippen molar-refractivity contribution < 1.29 is 0 Å². The molecule has 1 rings (SSSR count). The van der Waals surface area contributed by atoms with Gasteiger partial charge in [0.25, 0.3) is 0 Å². The van der Waals surface area contributed by atoms with E-state index in [1.54, 1.807) is 0 Å². The highest BCUT2D eigenvalue weighted by Gasteiger charge is 2.19. The van der Waals surface area contributed by atoms with Crippen LogP contribution in [0.4, 0.5) is 0 Å². The van der Waals surface area contributed by atoms with Gasteiger partial charge in [0.1, 0.15) is 0 Å². The molecular weight excluding hydrogens is 128 g/mol. The zero-order valence-corrected chi connectivity index (χ0v) is 6.04. The molecule has 0 bridgehead atoms. The van der Waals surface area contributed by atoms with Crippen molar-refractivity contribution in [3.05, 3.63) is 0 Å². The molecule has 0 saturated heterocycles. The summed E-state index contributed by atoms with van der Waals surface area (Å²) in [6.07, 6.45) is 2.08. The Balaban J connectivity index is 2.37. The standard InChI is InChI=1S/C6H12N4/c1-4-2-5(3-4)9-10-6(7)8/h4H,2-3H2,1H3,(H4,7,8,10). The van der Waals surface area contributed by atoms with E-state index in [0.29, 0.717) is 0 Å². The summed E-state index contributed by atoms with van der Waals surface area (Å²) < 4.78 is 0. The molecule has 0 atom stereocenters. The number of rotatable bonds is 1. The van der Waals surface area contributed by atoms with Gasteiger partial charge >= 0.3 is 0 Å². The molecule has 1 fully saturated rings. The van der Waals surface area contributed by atoms with Gasteiger partial charge in [-0.15, -0.1) is 5.10 Å². The lowest BCUT2D eigenvalue weighted by atomic mass is 9.85. The van der Waals surface area contributed by atoms with Crippen LogP contribution in [0.3, 0.4) is 0 Å². The van der Waals surface area contributed by atoms with Crippen LogP contribution in [0, 0.1) is 5.92 Å². The summed E-state index contributed by atoms with van der Waals surface area (Å²) in [6.45, 7) is 2.18. The van der Waals surface area contributed by atoms with Gasteiger partial charge in [-0.2, -0.15) is 5.10 Å². The summed E-state index contributed by atoms with van der Waals surface area (Å²) in [5.41, 5.74) is 11.2. The Labute approximate surface area is 60.0 Å². The molecule has 1 aliphatic carbocycles. The molecule has 0 aromatic carbocycles. The van der Waals surface area contributed by atoms with E-state index < -0.39 is 0 Å². The van der Waals surface area contributed by atoms with Crippen LogP contribution in [0.25, 0.3) is 0 Å². The number of nitrogens with two attached hydrogens (primary N) is 2. The Morgan fingerprint density at radius 1 is 1.50 bits per heavy atom. The van der Waals surface area contributed by atoms with E-state index in [-0.39, 0.29) is 5.96 Å². The summed E-state index contributed by atoms with van der Waals surface area (Å²) in [6, 6.07) is 0. The second kappa shape index (κ2) is 2.68. The summed E-state index contributed by atoms with van der Waals surface area (Å²) in [5.74, 6) is 0.792. The highest BCUT2D eigenvalue weighted by molar-refractivity contribution is 5.90. The molecule has 4 heteroatoms. The Hall–Kier alpha value is -1.06.